The first-order valence-corrected chi connectivity index (χ1v) is 12.0. The van der Waals surface area contributed by atoms with Gasteiger partial charge in [-0.3, -0.25) is 14.0 Å². The normalized spacial score (nSPS) is 13.3. The molecule has 2 N–H and O–H groups in total. The molecular weight excluding hydrogens is 495 g/mol. The molecule has 0 amide bonds. The third kappa shape index (κ3) is 4.70. The Morgan fingerprint density at radius 1 is 1.08 bits per heavy atom. The van der Waals surface area contributed by atoms with E-state index in [0.29, 0.717) is 22.9 Å². The molecule has 4 rings (SSSR count). The van der Waals surface area contributed by atoms with Gasteiger partial charge in [-0.2, -0.15) is 5.10 Å². The Kier molecular flexibility index (Phi) is 6.85. The van der Waals surface area contributed by atoms with E-state index in [1.807, 2.05) is 0 Å². The van der Waals surface area contributed by atoms with E-state index in [9.17, 15) is 17.9 Å². The molecule has 0 aliphatic carbocycles. The van der Waals surface area contributed by atoms with Crippen molar-refractivity contribution in [3.8, 4) is 28.7 Å². The molecular formula is C21H23FN8O5S. The van der Waals surface area contributed by atoms with Crippen molar-refractivity contribution >= 4 is 16.0 Å². The number of aliphatic hydroxyl groups excluding tert-OH is 1. The zero-order chi connectivity index (χ0) is 26.0. The third-order valence-corrected chi connectivity index (χ3v) is 7.01. The minimum Gasteiger partial charge on any atom is -0.494 e. The lowest BCUT2D eigenvalue weighted by Gasteiger charge is -2.20. The number of nitrogens with zero attached hydrogens (tertiary/aromatic N) is 7. The maximum atomic E-state index is 13.3. The van der Waals surface area contributed by atoms with Crippen molar-refractivity contribution in [1.29, 1.82) is 0 Å². The Morgan fingerprint density at radius 2 is 1.72 bits per heavy atom. The number of sulfonamides is 1. The predicted octanol–water partition coefficient (Wildman–Crippen LogP) is 1.48. The molecule has 15 heteroatoms. The molecule has 0 aliphatic heterocycles. The number of rotatable bonds is 9. The van der Waals surface area contributed by atoms with Crippen molar-refractivity contribution in [1.82, 2.24) is 34.5 Å². The number of para-hydroxylation sites is 1. The van der Waals surface area contributed by atoms with E-state index in [1.54, 1.807) is 42.2 Å². The molecule has 0 aliphatic rings. The number of aromatic nitrogens is 7. The van der Waals surface area contributed by atoms with Gasteiger partial charge in [0.15, 0.2) is 17.5 Å². The van der Waals surface area contributed by atoms with Crippen LogP contribution in [0.15, 0.2) is 42.9 Å². The summed E-state index contributed by atoms with van der Waals surface area (Å²) in [6.07, 6.45) is 1.71. The quantitative estimate of drug-likeness (QED) is 0.332. The number of aliphatic hydroxyl groups is 1. The van der Waals surface area contributed by atoms with Crippen molar-refractivity contribution in [2.75, 3.05) is 18.9 Å². The second kappa shape index (κ2) is 9.87. The minimum atomic E-state index is -4.31. The Hall–Kier alpha value is -4.11. The maximum absolute atomic E-state index is 13.3. The van der Waals surface area contributed by atoms with Gasteiger partial charge in [0.05, 0.1) is 26.6 Å². The summed E-state index contributed by atoms with van der Waals surface area (Å²) in [5, 5.41) is 21.7. The van der Waals surface area contributed by atoms with Crippen molar-refractivity contribution < 1.29 is 27.4 Å². The van der Waals surface area contributed by atoms with Crippen LogP contribution >= 0.6 is 0 Å². The lowest BCUT2D eigenvalue weighted by molar-refractivity contribution is 0.166. The van der Waals surface area contributed by atoms with E-state index < -0.39 is 27.2 Å². The number of methoxy groups -OCH3 is 2. The molecule has 0 fully saturated rings. The Morgan fingerprint density at radius 3 is 2.28 bits per heavy atom. The van der Waals surface area contributed by atoms with Gasteiger partial charge in [-0.15, -0.1) is 10.2 Å². The molecule has 1 aromatic carbocycles. The van der Waals surface area contributed by atoms with Crippen molar-refractivity contribution in [2.45, 2.75) is 18.3 Å². The summed E-state index contributed by atoms with van der Waals surface area (Å²) in [4.78, 5) is 7.34. The molecule has 36 heavy (non-hydrogen) atoms. The number of hydrogen-bond donors (Lipinski definition) is 2. The van der Waals surface area contributed by atoms with Gasteiger partial charge in [-0.05, 0) is 25.1 Å². The topological polar surface area (TPSA) is 159 Å². The summed E-state index contributed by atoms with van der Waals surface area (Å²) >= 11 is 0. The van der Waals surface area contributed by atoms with Crippen LogP contribution in [0.1, 0.15) is 18.9 Å². The summed E-state index contributed by atoms with van der Waals surface area (Å²) in [6.45, 7) is 1.25. The maximum Gasteiger partial charge on any atom is 0.243 e. The molecule has 3 aromatic heterocycles. The van der Waals surface area contributed by atoms with Crippen LogP contribution in [0.2, 0.25) is 0 Å². The van der Waals surface area contributed by atoms with Gasteiger partial charge < -0.3 is 14.6 Å². The van der Waals surface area contributed by atoms with Crippen LogP contribution in [-0.2, 0) is 17.1 Å². The number of nitrogens with one attached hydrogen (secondary N) is 1. The summed E-state index contributed by atoms with van der Waals surface area (Å²) in [6, 6.07) is 6.71. The van der Waals surface area contributed by atoms with Crippen LogP contribution in [0.3, 0.4) is 0 Å². The van der Waals surface area contributed by atoms with E-state index in [4.69, 9.17) is 9.47 Å². The fourth-order valence-electron chi connectivity index (χ4n) is 3.39. The van der Waals surface area contributed by atoms with Crippen LogP contribution in [0, 0.1) is 5.82 Å². The number of benzene rings is 1. The highest BCUT2D eigenvalue weighted by Crippen LogP contribution is 2.37. The smallest absolute Gasteiger partial charge is 0.243 e. The largest absolute Gasteiger partial charge is 0.494 e. The van der Waals surface area contributed by atoms with Crippen LogP contribution in [0.5, 0.6) is 11.5 Å². The fraction of sp³-hybridized carbons (Fsp3) is 0.286. The lowest BCUT2D eigenvalue weighted by atomic mass is 10.2. The molecule has 0 spiro atoms. The molecule has 4 aromatic rings. The number of anilines is 1. The van der Waals surface area contributed by atoms with E-state index in [0.717, 1.165) is 12.4 Å². The summed E-state index contributed by atoms with van der Waals surface area (Å²) in [5.74, 6) is -0.292. The van der Waals surface area contributed by atoms with Crippen LogP contribution in [-0.4, -0.2) is 67.5 Å². The highest BCUT2D eigenvalue weighted by atomic mass is 32.2. The van der Waals surface area contributed by atoms with Gasteiger partial charge in [0.1, 0.15) is 34.2 Å². The zero-order valence-corrected chi connectivity index (χ0v) is 20.5. The first kappa shape index (κ1) is 25.0. The second-order valence-electron chi connectivity index (χ2n) is 7.62. The highest BCUT2D eigenvalue weighted by molar-refractivity contribution is 7.93. The van der Waals surface area contributed by atoms with Gasteiger partial charge in [0.2, 0.25) is 16.0 Å². The van der Waals surface area contributed by atoms with E-state index in [1.165, 1.54) is 25.7 Å². The zero-order valence-electron chi connectivity index (χ0n) is 19.7. The molecule has 0 saturated carbocycles. The SMILES string of the molecule is COc1cccc(OC)c1-n1c(NS(=O)(=O)C(C)C(O)c2ncc(F)cn2)nnc1-c1ccn(C)n1. The monoisotopic (exact) mass is 518 g/mol. The van der Waals surface area contributed by atoms with E-state index >= 15 is 0 Å². The molecule has 2 unspecified atom stereocenters. The van der Waals surface area contributed by atoms with E-state index in [-0.39, 0.29) is 17.6 Å². The Bertz CT molecular complexity index is 1450. The average molecular weight is 519 g/mol. The van der Waals surface area contributed by atoms with Crippen molar-refractivity contribution in [3.63, 3.8) is 0 Å². The number of hydrogen-bond acceptors (Lipinski definition) is 10. The third-order valence-electron chi connectivity index (χ3n) is 5.30. The fourth-order valence-corrected chi connectivity index (χ4v) is 4.42. The van der Waals surface area contributed by atoms with Gasteiger partial charge in [0, 0.05) is 13.2 Å². The number of aryl methyl sites for hydroxylation is 1. The first-order chi connectivity index (χ1) is 17.2. The van der Waals surface area contributed by atoms with Crippen LogP contribution in [0.4, 0.5) is 10.3 Å². The van der Waals surface area contributed by atoms with Gasteiger partial charge in [-0.25, -0.2) is 22.8 Å². The molecule has 13 nitrogen and oxygen atoms in total. The van der Waals surface area contributed by atoms with Crippen molar-refractivity contribution in [3.05, 3.63) is 54.5 Å². The van der Waals surface area contributed by atoms with Crippen molar-refractivity contribution in [2.24, 2.45) is 7.05 Å². The Labute approximate surface area is 205 Å². The lowest BCUT2D eigenvalue weighted by Crippen LogP contribution is -2.32. The molecule has 0 bridgehead atoms. The Balaban J connectivity index is 1.81. The molecule has 3 heterocycles. The van der Waals surface area contributed by atoms with Gasteiger partial charge in [-0.1, -0.05) is 6.07 Å². The second-order valence-corrected chi connectivity index (χ2v) is 9.66. The van der Waals surface area contributed by atoms with Gasteiger partial charge >= 0.3 is 0 Å². The molecule has 0 saturated heterocycles. The summed E-state index contributed by atoms with van der Waals surface area (Å²) in [7, 11) is 0.317. The summed E-state index contributed by atoms with van der Waals surface area (Å²) in [5.41, 5.74) is 0.720. The number of halogens is 1. The minimum absolute atomic E-state index is 0.200. The first-order valence-electron chi connectivity index (χ1n) is 10.5. The number of ether oxygens (including phenoxy) is 2. The van der Waals surface area contributed by atoms with Gasteiger partial charge in [0.25, 0.3) is 0 Å². The average Bonchev–Trinajstić information content (AvgIpc) is 3.48. The summed E-state index contributed by atoms with van der Waals surface area (Å²) < 4.78 is 56.0. The molecule has 0 radical (unpaired) electrons. The predicted molar refractivity (Wildman–Crippen MR) is 126 cm³/mol. The highest BCUT2D eigenvalue weighted by Gasteiger charge is 2.34. The molecule has 190 valence electrons. The van der Waals surface area contributed by atoms with E-state index in [2.05, 4.69) is 30.0 Å². The van der Waals surface area contributed by atoms with Crippen LogP contribution in [0.25, 0.3) is 17.2 Å². The molecule has 2 atom stereocenters. The van der Waals surface area contributed by atoms with Crippen LogP contribution < -0.4 is 14.2 Å². The standard InChI is InChI=1S/C21H23FN8O5S/c1-12(18(31)19-23-10-13(22)11-24-19)36(32,33)28-21-26-25-20(14-8-9-29(2)27-14)30(21)17-15(34-3)6-5-7-16(17)35-4/h5-12,18,31H,1-4H3,(H,26,28).